The molecule has 0 N–H and O–H groups in total. The van der Waals surface area contributed by atoms with Crippen LogP contribution in [0.25, 0.3) is 10.8 Å². The molecule has 1 aromatic carbocycles. The summed E-state index contributed by atoms with van der Waals surface area (Å²) in [6.07, 6.45) is 1.85. The van der Waals surface area contributed by atoms with E-state index in [1.54, 1.807) is 7.11 Å². The number of methoxy groups -OCH3 is 1. The van der Waals surface area contributed by atoms with E-state index in [0.29, 0.717) is 6.61 Å². The Balaban J connectivity index is 2.32. The summed E-state index contributed by atoms with van der Waals surface area (Å²) in [5, 5.41) is 2.33. The normalized spacial score (nSPS) is 12.6. The predicted molar refractivity (Wildman–Crippen MR) is 87.3 cm³/mol. The monoisotopic (exact) mass is 386 g/mol. The van der Waals surface area contributed by atoms with Gasteiger partial charge in [0, 0.05) is 42.1 Å². The predicted octanol–water partition coefficient (Wildman–Crippen LogP) is 3.84. The van der Waals surface area contributed by atoms with E-state index in [-0.39, 0.29) is 4.83 Å². The lowest BCUT2D eigenvalue weighted by Crippen LogP contribution is -2.28. The van der Waals surface area contributed by atoms with Gasteiger partial charge in [-0.15, -0.1) is 0 Å². The first-order chi connectivity index (χ1) is 9.13. The maximum atomic E-state index is 5.15. The minimum atomic E-state index is 0.284. The second-order valence-electron chi connectivity index (χ2n) is 4.40. The molecule has 0 radical (unpaired) electrons. The topological polar surface area (TPSA) is 25.4 Å². The Kier molecular flexibility index (Phi) is 5.19. The van der Waals surface area contributed by atoms with E-state index in [2.05, 4.69) is 47.8 Å². The van der Waals surface area contributed by atoms with Crippen molar-refractivity contribution in [2.45, 2.75) is 4.83 Å². The average molecular weight is 388 g/mol. The molecule has 102 valence electrons. The van der Waals surface area contributed by atoms with E-state index >= 15 is 0 Å². The fourth-order valence-corrected chi connectivity index (χ4v) is 3.27. The molecule has 2 rings (SSSR count). The molecule has 0 amide bonds. The van der Waals surface area contributed by atoms with Crippen LogP contribution in [-0.4, -0.2) is 37.1 Å². The third-order valence-electron chi connectivity index (χ3n) is 2.91. The number of rotatable bonds is 5. The number of fused-ring (bicyclic) bond motifs is 1. The van der Waals surface area contributed by atoms with Crippen LogP contribution in [0.4, 0.5) is 5.82 Å². The van der Waals surface area contributed by atoms with E-state index in [0.717, 1.165) is 22.2 Å². The molecule has 0 aliphatic heterocycles. The van der Waals surface area contributed by atoms with Crippen LogP contribution in [0.3, 0.4) is 0 Å². The Morgan fingerprint density at radius 1 is 1.32 bits per heavy atom. The highest BCUT2D eigenvalue weighted by molar-refractivity contribution is 9.10. The fourth-order valence-electron chi connectivity index (χ4n) is 2.07. The third-order valence-corrected chi connectivity index (χ3v) is 4.16. The van der Waals surface area contributed by atoms with E-state index in [4.69, 9.17) is 4.74 Å². The zero-order chi connectivity index (χ0) is 13.8. The zero-order valence-corrected chi connectivity index (χ0v) is 14.1. The summed E-state index contributed by atoms with van der Waals surface area (Å²) >= 11 is 7.19. The Morgan fingerprint density at radius 2 is 2.11 bits per heavy atom. The van der Waals surface area contributed by atoms with Crippen molar-refractivity contribution in [3.05, 3.63) is 34.9 Å². The van der Waals surface area contributed by atoms with Crippen molar-refractivity contribution in [2.24, 2.45) is 0 Å². The highest BCUT2D eigenvalue weighted by Gasteiger charge is 2.12. The molecule has 0 aliphatic rings. The minimum Gasteiger partial charge on any atom is -0.383 e. The molecule has 19 heavy (non-hydrogen) atoms. The number of halogens is 2. The largest absolute Gasteiger partial charge is 0.383 e. The molecular weight excluding hydrogens is 372 g/mol. The van der Waals surface area contributed by atoms with E-state index in [1.807, 2.05) is 31.4 Å². The summed E-state index contributed by atoms with van der Waals surface area (Å²) in [5.74, 6) is 0.986. The number of hydrogen-bond acceptors (Lipinski definition) is 3. The first kappa shape index (κ1) is 14.8. The molecule has 5 heteroatoms. The SMILES string of the molecule is COCC(Br)CN(C)c1nccc2c(Br)cccc12. The van der Waals surface area contributed by atoms with Crippen molar-refractivity contribution < 1.29 is 4.74 Å². The summed E-state index contributed by atoms with van der Waals surface area (Å²) < 4.78 is 6.24. The van der Waals surface area contributed by atoms with Gasteiger partial charge in [-0.1, -0.05) is 44.0 Å². The summed E-state index contributed by atoms with van der Waals surface area (Å²) in [4.78, 5) is 6.93. The maximum absolute atomic E-state index is 5.15. The van der Waals surface area contributed by atoms with Crippen molar-refractivity contribution >= 4 is 48.5 Å². The molecule has 0 spiro atoms. The average Bonchev–Trinajstić information content (AvgIpc) is 2.38. The van der Waals surface area contributed by atoms with Crippen LogP contribution in [0.15, 0.2) is 34.9 Å². The molecule has 0 saturated heterocycles. The Hall–Kier alpha value is -0.650. The lowest BCUT2D eigenvalue weighted by Gasteiger charge is -2.22. The van der Waals surface area contributed by atoms with E-state index in [1.165, 1.54) is 5.39 Å². The van der Waals surface area contributed by atoms with Gasteiger partial charge in [0.1, 0.15) is 5.82 Å². The quantitative estimate of drug-likeness (QED) is 0.728. The number of pyridine rings is 1. The third kappa shape index (κ3) is 3.46. The molecule has 1 heterocycles. The lowest BCUT2D eigenvalue weighted by atomic mass is 10.1. The number of aromatic nitrogens is 1. The molecule has 0 saturated carbocycles. The fraction of sp³-hybridized carbons (Fsp3) is 0.357. The van der Waals surface area contributed by atoms with Crippen LogP contribution in [0.2, 0.25) is 0 Å². The lowest BCUT2D eigenvalue weighted by molar-refractivity contribution is 0.201. The highest BCUT2D eigenvalue weighted by atomic mass is 79.9. The molecule has 0 bridgehead atoms. The number of anilines is 1. The molecule has 1 aromatic heterocycles. The maximum Gasteiger partial charge on any atom is 0.136 e. The zero-order valence-electron chi connectivity index (χ0n) is 10.9. The number of hydrogen-bond donors (Lipinski definition) is 0. The van der Waals surface area contributed by atoms with E-state index in [9.17, 15) is 0 Å². The minimum absolute atomic E-state index is 0.284. The van der Waals surface area contributed by atoms with Crippen LogP contribution in [-0.2, 0) is 4.74 Å². The van der Waals surface area contributed by atoms with Gasteiger partial charge in [0.25, 0.3) is 0 Å². The number of benzene rings is 1. The van der Waals surface area contributed by atoms with Crippen LogP contribution < -0.4 is 4.90 Å². The molecule has 0 fully saturated rings. The van der Waals surface area contributed by atoms with Crippen molar-refractivity contribution in [3.8, 4) is 0 Å². The first-order valence-corrected chi connectivity index (χ1v) is 7.71. The van der Waals surface area contributed by atoms with Gasteiger partial charge in [0.15, 0.2) is 0 Å². The number of nitrogens with zero attached hydrogens (tertiary/aromatic N) is 2. The first-order valence-electron chi connectivity index (χ1n) is 6.01. The van der Waals surface area contributed by atoms with Gasteiger partial charge < -0.3 is 9.64 Å². The number of ether oxygens (including phenoxy) is 1. The molecule has 0 aliphatic carbocycles. The van der Waals surface area contributed by atoms with Crippen molar-refractivity contribution in [1.29, 1.82) is 0 Å². The standard InChI is InChI=1S/C14H16Br2N2O/c1-18(8-10(15)9-19-2)14-12-4-3-5-13(16)11(12)6-7-17-14/h3-7,10H,8-9H2,1-2H3. The smallest absolute Gasteiger partial charge is 0.136 e. The summed E-state index contributed by atoms with van der Waals surface area (Å²) in [5.41, 5.74) is 0. The Bertz CT molecular complexity index is 562. The van der Waals surface area contributed by atoms with Crippen LogP contribution >= 0.6 is 31.9 Å². The second-order valence-corrected chi connectivity index (χ2v) is 6.55. The Labute approximate surface area is 130 Å². The van der Waals surface area contributed by atoms with Crippen LogP contribution in [0.1, 0.15) is 0 Å². The van der Waals surface area contributed by atoms with Gasteiger partial charge in [-0.3, -0.25) is 0 Å². The highest BCUT2D eigenvalue weighted by Crippen LogP contribution is 2.29. The summed E-state index contributed by atoms with van der Waals surface area (Å²) in [7, 11) is 3.76. The Morgan fingerprint density at radius 3 is 2.84 bits per heavy atom. The van der Waals surface area contributed by atoms with Crippen molar-refractivity contribution in [1.82, 2.24) is 4.98 Å². The molecule has 3 nitrogen and oxygen atoms in total. The second kappa shape index (κ2) is 6.68. The van der Waals surface area contributed by atoms with Crippen LogP contribution in [0, 0.1) is 0 Å². The van der Waals surface area contributed by atoms with Crippen molar-refractivity contribution in [2.75, 3.05) is 32.2 Å². The summed E-state index contributed by atoms with van der Waals surface area (Å²) in [6, 6.07) is 8.20. The van der Waals surface area contributed by atoms with Gasteiger partial charge in [-0.05, 0) is 12.1 Å². The van der Waals surface area contributed by atoms with Gasteiger partial charge in [0.2, 0.25) is 0 Å². The van der Waals surface area contributed by atoms with Crippen LogP contribution in [0.5, 0.6) is 0 Å². The number of alkyl halides is 1. The molecule has 1 atom stereocenters. The molecule has 2 aromatic rings. The van der Waals surface area contributed by atoms with Crippen molar-refractivity contribution in [3.63, 3.8) is 0 Å². The van der Waals surface area contributed by atoms with Gasteiger partial charge in [-0.2, -0.15) is 0 Å². The van der Waals surface area contributed by atoms with Gasteiger partial charge in [0.05, 0.1) is 11.4 Å². The van der Waals surface area contributed by atoms with Gasteiger partial charge in [-0.25, -0.2) is 4.98 Å². The van der Waals surface area contributed by atoms with E-state index < -0.39 is 0 Å². The summed E-state index contributed by atoms with van der Waals surface area (Å²) in [6.45, 7) is 1.52. The van der Waals surface area contributed by atoms with Gasteiger partial charge >= 0.3 is 0 Å². The molecular formula is C14H16Br2N2O. The molecule has 1 unspecified atom stereocenters.